The summed E-state index contributed by atoms with van der Waals surface area (Å²) < 4.78 is 4.00. The number of pyridine rings is 1. The van der Waals surface area contributed by atoms with E-state index in [1.807, 2.05) is 29.1 Å². The van der Waals surface area contributed by atoms with Crippen molar-refractivity contribution in [3.05, 3.63) is 95.6 Å². The fraction of sp³-hybridized carbons (Fsp3) is 0.217. The van der Waals surface area contributed by atoms with Crippen molar-refractivity contribution in [1.29, 1.82) is 0 Å². The molecule has 31 heavy (non-hydrogen) atoms. The second-order valence-electron chi connectivity index (χ2n) is 7.81. The van der Waals surface area contributed by atoms with Crippen LogP contribution in [0.15, 0.2) is 67.4 Å². The fourth-order valence-electron chi connectivity index (χ4n) is 4.39. The van der Waals surface area contributed by atoms with Gasteiger partial charge in [0.25, 0.3) is 0 Å². The minimum Gasteiger partial charge on any atom is -0.351 e. The van der Waals surface area contributed by atoms with E-state index in [0.29, 0.717) is 5.11 Å². The molecule has 0 bridgehead atoms. The van der Waals surface area contributed by atoms with Crippen molar-refractivity contribution < 1.29 is 0 Å². The number of aryl methyl sites for hydroxylation is 2. The molecular weight excluding hydrogens is 406 g/mol. The molecule has 1 aromatic carbocycles. The number of nitrogens with zero attached hydrogens (tertiary/aromatic N) is 6. The monoisotopic (exact) mass is 429 g/mol. The molecule has 0 aliphatic carbocycles. The van der Waals surface area contributed by atoms with E-state index in [1.165, 1.54) is 11.1 Å². The van der Waals surface area contributed by atoms with E-state index in [4.69, 9.17) is 12.2 Å². The predicted molar refractivity (Wildman–Crippen MR) is 124 cm³/mol. The predicted octanol–water partition coefficient (Wildman–Crippen LogP) is 3.89. The maximum Gasteiger partial charge on any atom is 0.174 e. The van der Waals surface area contributed by atoms with Gasteiger partial charge in [-0.05, 0) is 63.3 Å². The zero-order valence-electron chi connectivity index (χ0n) is 17.6. The molecule has 156 valence electrons. The van der Waals surface area contributed by atoms with E-state index in [9.17, 15) is 0 Å². The number of aromatic nitrogens is 5. The summed E-state index contributed by atoms with van der Waals surface area (Å²) in [6.07, 6.45) is 5.23. The lowest BCUT2D eigenvalue weighted by Gasteiger charge is -2.28. The van der Waals surface area contributed by atoms with Crippen LogP contribution in [0.1, 0.15) is 40.3 Å². The van der Waals surface area contributed by atoms with Crippen molar-refractivity contribution in [3.63, 3.8) is 0 Å². The number of hydrogen-bond donors (Lipinski definition) is 1. The first kappa shape index (κ1) is 19.4. The SMILES string of the molecule is Cc1ccc(N2C(=S)NC(c3ccccn3)C2c2cc(C)n(-n3cnnc3)c2C)cc1. The van der Waals surface area contributed by atoms with Crippen molar-refractivity contribution in [1.82, 2.24) is 29.9 Å². The summed E-state index contributed by atoms with van der Waals surface area (Å²) in [6.45, 7) is 6.29. The topological polar surface area (TPSA) is 63.8 Å². The summed E-state index contributed by atoms with van der Waals surface area (Å²) in [5.41, 5.74) is 6.60. The van der Waals surface area contributed by atoms with Crippen LogP contribution in [0, 0.1) is 20.8 Å². The average Bonchev–Trinajstić information content (AvgIpc) is 3.47. The molecule has 1 aliphatic heterocycles. The van der Waals surface area contributed by atoms with E-state index in [1.54, 1.807) is 12.7 Å². The number of nitrogens with one attached hydrogen (secondary N) is 1. The molecule has 4 heterocycles. The Hall–Kier alpha value is -3.52. The van der Waals surface area contributed by atoms with Crippen molar-refractivity contribution in [2.45, 2.75) is 32.9 Å². The first-order chi connectivity index (χ1) is 15.0. The van der Waals surface area contributed by atoms with Gasteiger partial charge in [-0.2, -0.15) is 0 Å². The number of thiocarbonyl (C=S) groups is 1. The molecule has 0 radical (unpaired) electrons. The van der Waals surface area contributed by atoms with Gasteiger partial charge in [0.05, 0.1) is 17.8 Å². The first-order valence-electron chi connectivity index (χ1n) is 10.2. The fourth-order valence-corrected chi connectivity index (χ4v) is 4.73. The highest BCUT2D eigenvalue weighted by atomic mass is 32.1. The summed E-state index contributed by atoms with van der Waals surface area (Å²) in [5, 5.41) is 12.2. The Morgan fingerprint density at radius 1 is 0.968 bits per heavy atom. The third-order valence-corrected chi connectivity index (χ3v) is 6.11. The number of hydrogen-bond acceptors (Lipinski definition) is 4. The van der Waals surface area contributed by atoms with Crippen LogP contribution in [0.2, 0.25) is 0 Å². The number of benzene rings is 1. The zero-order valence-corrected chi connectivity index (χ0v) is 18.4. The summed E-state index contributed by atoms with van der Waals surface area (Å²) in [7, 11) is 0. The lowest BCUT2D eigenvalue weighted by atomic mass is 9.96. The molecule has 7 nitrogen and oxygen atoms in total. The highest BCUT2D eigenvalue weighted by Gasteiger charge is 2.42. The molecule has 1 fully saturated rings. The van der Waals surface area contributed by atoms with Gasteiger partial charge in [-0.25, -0.2) is 4.68 Å². The van der Waals surface area contributed by atoms with E-state index in [-0.39, 0.29) is 12.1 Å². The Labute approximate surface area is 186 Å². The normalized spacial score (nSPS) is 18.4. The maximum absolute atomic E-state index is 5.83. The lowest BCUT2D eigenvalue weighted by Crippen LogP contribution is -2.29. The molecule has 4 aromatic rings. The van der Waals surface area contributed by atoms with Crippen LogP contribution in [-0.2, 0) is 0 Å². The van der Waals surface area contributed by atoms with E-state index < -0.39 is 0 Å². The summed E-state index contributed by atoms with van der Waals surface area (Å²) in [5.74, 6) is 0. The Morgan fingerprint density at radius 2 is 1.71 bits per heavy atom. The van der Waals surface area contributed by atoms with Crippen molar-refractivity contribution in [2.24, 2.45) is 0 Å². The Bertz CT molecular complexity index is 1210. The summed E-state index contributed by atoms with van der Waals surface area (Å²) in [4.78, 5) is 6.84. The van der Waals surface area contributed by atoms with Crippen molar-refractivity contribution in [2.75, 3.05) is 4.90 Å². The van der Waals surface area contributed by atoms with Gasteiger partial charge in [0.2, 0.25) is 0 Å². The van der Waals surface area contributed by atoms with Gasteiger partial charge in [0.15, 0.2) is 5.11 Å². The van der Waals surface area contributed by atoms with Gasteiger partial charge in [0.1, 0.15) is 12.7 Å². The molecular formula is C23H23N7S. The van der Waals surface area contributed by atoms with Crippen LogP contribution in [0.5, 0.6) is 0 Å². The quantitative estimate of drug-likeness (QED) is 0.497. The van der Waals surface area contributed by atoms with Crippen LogP contribution in [-0.4, -0.2) is 29.6 Å². The van der Waals surface area contributed by atoms with Crippen LogP contribution < -0.4 is 10.2 Å². The van der Waals surface area contributed by atoms with E-state index >= 15 is 0 Å². The minimum atomic E-state index is -0.0788. The number of anilines is 1. The molecule has 1 aliphatic rings. The molecule has 0 spiro atoms. The summed E-state index contributed by atoms with van der Waals surface area (Å²) in [6, 6.07) is 16.5. The molecule has 1 saturated heterocycles. The second-order valence-corrected chi connectivity index (χ2v) is 8.20. The molecule has 1 N–H and O–H groups in total. The molecule has 2 atom stereocenters. The van der Waals surface area contributed by atoms with Gasteiger partial charge < -0.3 is 10.2 Å². The van der Waals surface area contributed by atoms with Gasteiger partial charge in [-0.3, -0.25) is 9.66 Å². The average molecular weight is 430 g/mol. The maximum atomic E-state index is 5.83. The van der Waals surface area contributed by atoms with Crippen molar-refractivity contribution in [3.8, 4) is 0 Å². The molecule has 8 heteroatoms. The summed E-state index contributed by atoms with van der Waals surface area (Å²) >= 11 is 5.83. The van der Waals surface area contributed by atoms with E-state index in [0.717, 1.165) is 22.8 Å². The third kappa shape index (κ3) is 3.29. The van der Waals surface area contributed by atoms with E-state index in [2.05, 4.69) is 81.2 Å². The molecule has 0 amide bonds. The molecule has 3 aromatic heterocycles. The second kappa shape index (κ2) is 7.63. The van der Waals surface area contributed by atoms with Gasteiger partial charge in [-0.1, -0.05) is 23.8 Å². The molecule has 2 unspecified atom stereocenters. The van der Waals surface area contributed by atoms with Crippen LogP contribution in [0.4, 0.5) is 5.69 Å². The van der Waals surface area contributed by atoms with Crippen LogP contribution in [0.3, 0.4) is 0 Å². The van der Waals surface area contributed by atoms with Crippen molar-refractivity contribution >= 4 is 23.0 Å². The van der Waals surface area contributed by atoms with Gasteiger partial charge >= 0.3 is 0 Å². The standard InChI is InChI=1S/C23H23N7S/c1-15-7-9-18(10-8-15)29-22(21(27-23(29)31)20-6-4-5-11-24-20)19-12-16(2)30(17(19)3)28-13-25-26-14-28/h4-14,21-22H,1-3H3,(H,27,31). The Kier molecular flexibility index (Phi) is 4.78. The highest BCUT2D eigenvalue weighted by molar-refractivity contribution is 7.80. The number of rotatable bonds is 4. The minimum absolute atomic E-state index is 0.0541. The smallest absolute Gasteiger partial charge is 0.174 e. The lowest BCUT2D eigenvalue weighted by molar-refractivity contribution is 0.557. The van der Waals surface area contributed by atoms with Crippen LogP contribution in [0.25, 0.3) is 0 Å². The van der Waals surface area contributed by atoms with Gasteiger partial charge in [0, 0.05) is 28.8 Å². The van der Waals surface area contributed by atoms with Crippen LogP contribution >= 0.6 is 12.2 Å². The molecule has 0 saturated carbocycles. The highest BCUT2D eigenvalue weighted by Crippen LogP contribution is 2.43. The first-order valence-corrected chi connectivity index (χ1v) is 10.6. The third-order valence-electron chi connectivity index (χ3n) is 5.80. The zero-order chi connectivity index (χ0) is 21.5. The Balaban J connectivity index is 1.68. The van der Waals surface area contributed by atoms with Gasteiger partial charge in [-0.15, -0.1) is 10.2 Å². The largest absolute Gasteiger partial charge is 0.351 e. The molecule has 5 rings (SSSR count). The Morgan fingerprint density at radius 3 is 2.39 bits per heavy atom.